The van der Waals surface area contributed by atoms with Gasteiger partial charge in [-0.1, -0.05) is 11.6 Å². The van der Waals surface area contributed by atoms with Crippen molar-refractivity contribution >= 4 is 34.8 Å². The molecule has 2 N–H and O–H groups in total. The van der Waals surface area contributed by atoms with Crippen LogP contribution >= 0.6 is 22.9 Å². The van der Waals surface area contributed by atoms with Crippen LogP contribution in [0.15, 0.2) is 12.1 Å². The van der Waals surface area contributed by atoms with Crippen LogP contribution < -0.4 is 5.32 Å². The number of ether oxygens (including phenoxy) is 1. The van der Waals surface area contributed by atoms with Gasteiger partial charge in [0.25, 0.3) is 5.91 Å². The van der Waals surface area contributed by atoms with E-state index in [4.69, 9.17) is 21.4 Å². The number of thiophene rings is 1. The summed E-state index contributed by atoms with van der Waals surface area (Å²) in [4.78, 5) is 23.1. The van der Waals surface area contributed by atoms with Gasteiger partial charge in [-0.15, -0.1) is 11.3 Å². The van der Waals surface area contributed by atoms with Gasteiger partial charge in [0.1, 0.15) is 0 Å². The lowest BCUT2D eigenvalue weighted by Crippen LogP contribution is -2.50. The SMILES string of the molecule is COCC(C)(CC(=O)O)NC(=O)c1ccc(Cl)s1. The number of carbonyl (C=O) groups excluding carboxylic acids is 1. The Morgan fingerprint density at radius 2 is 2.22 bits per heavy atom. The molecule has 0 aliphatic heterocycles. The number of rotatable bonds is 6. The Morgan fingerprint density at radius 3 is 2.67 bits per heavy atom. The second kappa shape index (κ2) is 6.17. The minimum atomic E-state index is -1.00. The number of hydrogen-bond acceptors (Lipinski definition) is 4. The van der Waals surface area contributed by atoms with Crippen LogP contribution in [-0.2, 0) is 9.53 Å². The molecule has 0 radical (unpaired) electrons. The maximum absolute atomic E-state index is 11.9. The summed E-state index contributed by atoms with van der Waals surface area (Å²) in [7, 11) is 1.45. The van der Waals surface area contributed by atoms with E-state index < -0.39 is 11.5 Å². The van der Waals surface area contributed by atoms with Crippen LogP contribution in [-0.4, -0.2) is 36.2 Å². The van der Waals surface area contributed by atoms with Crippen molar-refractivity contribution in [3.63, 3.8) is 0 Å². The Hall–Kier alpha value is -1.11. The topological polar surface area (TPSA) is 75.6 Å². The van der Waals surface area contributed by atoms with E-state index in [9.17, 15) is 9.59 Å². The number of nitrogens with one attached hydrogen (secondary N) is 1. The van der Waals surface area contributed by atoms with Gasteiger partial charge in [-0.25, -0.2) is 0 Å². The van der Waals surface area contributed by atoms with E-state index in [0.29, 0.717) is 9.21 Å². The molecule has 0 bridgehead atoms. The molecule has 7 heteroatoms. The highest BCUT2D eigenvalue weighted by molar-refractivity contribution is 7.18. The molecule has 1 aromatic heterocycles. The monoisotopic (exact) mass is 291 g/mol. The number of amides is 1. The van der Waals surface area contributed by atoms with Crippen molar-refractivity contribution in [1.29, 1.82) is 0 Å². The van der Waals surface area contributed by atoms with Gasteiger partial charge in [0, 0.05) is 7.11 Å². The highest BCUT2D eigenvalue weighted by Crippen LogP contribution is 2.22. The maximum atomic E-state index is 11.9. The number of methoxy groups -OCH3 is 1. The fourth-order valence-corrected chi connectivity index (χ4v) is 2.49. The Balaban J connectivity index is 2.77. The fourth-order valence-electron chi connectivity index (χ4n) is 1.56. The summed E-state index contributed by atoms with van der Waals surface area (Å²) >= 11 is 6.88. The second-order valence-corrected chi connectivity index (χ2v) is 5.84. The molecular formula is C11H14ClNO4S. The van der Waals surface area contributed by atoms with Crippen LogP contribution in [0, 0.1) is 0 Å². The Kier molecular flexibility index (Phi) is 5.13. The fraction of sp³-hybridized carbons (Fsp3) is 0.455. The zero-order valence-electron chi connectivity index (χ0n) is 10.0. The summed E-state index contributed by atoms with van der Waals surface area (Å²) in [6.07, 6.45) is -0.217. The van der Waals surface area contributed by atoms with Gasteiger partial charge >= 0.3 is 5.97 Å². The van der Waals surface area contributed by atoms with Crippen molar-refractivity contribution in [2.45, 2.75) is 18.9 Å². The summed E-state index contributed by atoms with van der Waals surface area (Å²) < 4.78 is 5.46. The van der Waals surface area contributed by atoms with Crippen molar-refractivity contribution in [2.24, 2.45) is 0 Å². The van der Waals surface area contributed by atoms with Crippen molar-refractivity contribution in [1.82, 2.24) is 5.32 Å². The lowest BCUT2D eigenvalue weighted by molar-refractivity contribution is -0.139. The molecular weight excluding hydrogens is 278 g/mol. The highest BCUT2D eigenvalue weighted by Gasteiger charge is 2.30. The Morgan fingerprint density at radius 1 is 1.56 bits per heavy atom. The van der Waals surface area contributed by atoms with Crippen molar-refractivity contribution in [2.75, 3.05) is 13.7 Å². The molecule has 100 valence electrons. The number of aliphatic carboxylic acids is 1. The van der Waals surface area contributed by atoms with Gasteiger partial charge in [0.15, 0.2) is 0 Å². The molecule has 0 fully saturated rings. The summed E-state index contributed by atoms with van der Waals surface area (Å²) in [6, 6.07) is 3.21. The maximum Gasteiger partial charge on any atom is 0.305 e. The average Bonchev–Trinajstić information content (AvgIpc) is 2.63. The molecule has 0 aromatic carbocycles. The number of halogens is 1. The second-order valence-electron chi connectivity index (χ2n) is 4.12. The molecule has 1 unspecified atom stereocenters. The van der Waals surface area contributed by atoms with E-state index in [1.54, 1.807) is 19.1 Å². The predicted octanol–water partition coefficient (Wildman–Crippen LogP) is 2.01. The number of carbonyl (C=O) groups is 2. The standard InChI is InChI=1S/C11H14ClNO4S/c1-11(6-17-2,5-9(14)15)13-10(16)7-3-4-8(12)18-7/h3-4H,5-6H2,1-2H3,(H,13,16)(H,14,15). The summed E-state index contributed by atoms with van der Waals surface area (Å²) in [5.41, 5.74) is -0.950. The smallest absolute Gasteiger partial charge is 0.305 e. The van der Waals surface area contributed by atoms with E-state index in [1.807, 2.05) is 0 Å². The molecule has 1 rings (SSSR count). The minimum absolute atomic E-state index is 0.115. The molecule has 1 atom stereocenters. The Labute approximate surface area is 114 Å². The molecule has 0 aliphatic rings. The molecule has 0 saturated carbocycles. The first-order valence-electron chi connectivity index (χ1n) is 5.15. The van der Waals surface area contributed by atoms with Crippen molar-refractivity contribution < 1.29 is 19.4 Å². The highest BCUT2D eigenvalue weighted by atomic mass is 35.5. The van der Waals surface area contributed by atoms with E-state index >= 15 is 0 Å². The number of carboxylic acid groups (broad SMARTS) is 1. The van der Waals surface area contributed by atoms with E-state index in [1.165, 1.54) is 7.11 Å². The minimum Gasteiger partial charge on any atom is -0.481 e. The van der Waals surface area contributed by atoms with Gasteiger partial charge in [-0.05, 0) is 19.1 Å². The van der Waals surface area contributed by atoms with Crippen LogP contribution in [0.1, 0.15) is 23.0 Å². The van der Waals surface area contributed by atoms with Crippen LogP contribution in [0.2, 0.25) is 4.34 Å². The molecule has 0 spiro atoms. The summed E-state index contributed by atoms with van der Waals surface area (Å²) in [5, 5.41) is 11.5. The van der Waals surface area contributed by atoms with E-state index in [-0.39, 0.29) is 18.9 Å². The normalized spacial score (nSPS) is 13.9. The van der Waals surface area contributed by atoms with Crippen molar-refractivity contribution in [3.8, 4) is 0 Å². The zero-order chi connectivity index (χ0) is 13.8. The van der Waals surface area contributed by atoms with Gasteiger partial charge < -0.3 is 15.2 Å². The molecule has 5 nitrogen and oxygen atoms in total. The molecule has 18 heavy (non-hydrogen) atoms. The van der Waals surface area contributed by atoms with E-state index in [2.05, 4.69) is 5.32 Å². The first-order valence-corrected chi connectivity index (χ1v) is 6.34. The molecule has 0 aliphatic carbocycles. The lowest BCUT2D eigenvalue weighted by Gasteiger charge is -2.28. The number of carboxylic acids is 1. The van der Waals surface area contributed by atoms with Gasteiger partial charge in [-0.3, -0.25) is 9.59 Å². The third-order valence-corrected chi connectivity index (χ3v) is 3.45. The quantitative estimate of drug-likeness (QED) is 0.841. The van der Waals surface area contributed by atoms with Crippen LogP contribution in [0.4, 0.5) is 0 Å². The largest absolute Gasteiger partial charge is 0.481 e. The van der Waals surface area contributed by atoms with Gasteiger partial charge in [0.05, 0.1) is 27.8 Å². The van der Waals surface area contributed by atoms with E-state index in [0.717, 1.165) is 11.3 Å². The number of hydrogen-bond donors (Lipinski definition) is 2. The van der Waals surface area contributed by atoms with Crippen LogP contribution in [0.25, 0.3) is 0 Å². The molecule has 1 aromatic rings. The van der Waals surface area contributed by atoms with Gasteiger partial charge in [0.2, 0.25) is 0 Å². The summed E-state index contributed by atoms with van der Waals surface area (Å²) in [6.45, 7) is 1.74. The predicted molar refractivity (Wildman–Crippen MR) is 69.3 cm³/mol. The third-order valence-electron chi connectivity index (χ3n) is 2.22. The lowest BCUT2D eigenvalue weighted by atomic mass is 9.99. The van der Waals surface area contributed by atoms with Gasteiger partial charge in [-0.2, -0.15) is 0 Å². The Bertz CT molecular complexity index is 448. The molecule has 0 saturated heterocycles. The first-order chi connectivity index (χ1) is 8.36. The molecule has 1 amide bonds. The van der Waals surface area contributed by atoms with Crippen molar-refractivity contribution in [3.05, 3.63) is 21.3 Å². The zero-order valence-corrected chi connectivity index (χ0v) is 11.6. The first kappa shape index (κ1) is 14.9. The average molecular weight is 292 g/mol. The van der Waals surface area contributed by atoms with Crippen LogP contribution in [0.5, 0.6) is 0 Å². The van der Waals surface area contributed by atoms with Crippen LogP contribution in [0.3, 0.4) is 0 Å². The summed E-state index contributed by atoms with van der Waals surface area (Å²) in [5.74, 6) is -1.35. The molecule has 1 heterocycles. The third kappa shape index (κ3) is 4.29.